The highest BCUT2D eigenvalue weighted by Gasteiger charge is 2.04. The average Bonchev–Trinajstić information content (AvgIpc) is 2.11. The molecule has 0 fully saturated rings. The zero-order valence-electron chi connectivity index (χ0n) is 9.13. The topological polar surface area (TPSA) is 18.5 Å². The van der Waals surface area contributed by atoms with Crippen molar-refractivity contribution in [3.05, 3.63) is 0 Å². The van der Waals surface area contributed by atoms with Crippen LogP contribution in [0.15, 0.2) is 0 Å². The highest BCUT2D eigenvalue weighted by Crippen LogP contribution is 1.93. The Bertz CT molecular complexity index is 148. The first-order chi connectivity index (χ1) is 6.11. The molecule has 0 spiro atoms. The van der Waals surface area contributed by atoms with Crippen molar-refractivity contribution in [2.75, 3.05) is 40.8 Å². The van der Waals surface area contributed by atoms with Gasteiger partial charge in [0, 0.05) is 20.1 Å². The van der Waals surface area contributed by atoms with Gasteiger partial charge in [0.2, 0.25) is 0 Å². The Labute approximate surface area is 87.1 Å². The molecule has 13 heavy (non-hydrogen) atoms. The van der Waals surface area contributed by atoms with Crippen LogP contribution in [0.25, 0.3) is 0 Å². The van der Waals surface area contributed by atoms with E-state index in [0.717, 1.165) is 31.2 Å². The Morgan fingerprint density at radius 2 is 1.92 bits per heavy atom. The number of hydrogen-bond acceptors (Lipinski definition) is 2. The highest BCUT2D eigenvalue weighted by atomic mass is 32.1. The summed E-state index contributed by atoms with van der Waals surface area (Å²) in [5, 5.41) is 3.85. The molecule has 0 radical (unpaired) electrons. The molecule has 0 unspecified atom stereocenters. The first kappa shape index (κ1) is 12.7. The lowest BCUT2D eigenvalue weighted by Gasteiger charge is -2.23. The van der Waals surface area contributed by atoms with Gasteiger partial charge in [-0.3, -0.25) is 0 Å². The Hall–Kier alpha value is -0.350. The third kappa shape index (κ3) is 5.82. The molecular weight excluding hydrogens is 182 g/mol. The molecule has 78 valence electrons. The molecule has 0 saturated carbocycles. The molecule has 1 N–H and O–H groups in total. The molecule has 0 aromatic rings. The van der Waals surface area contributed by atoms with Gasteiger partial charge in [0.1, 0.15) is 0 Å². The normalized spacial score (nSPS) is 10.2. The summed E-state index contributed by atoms with van der Waals surface area (Å²) < 4.78 is 0. The first-order valence-corrected chi connectivity index (χ1v) is 5.14. The molecule has 0 aromatic heterocycles. The maximum Gasteiger partial charge on any atom is 0.168 e. The van der Waals surface area contributed by atoms with Crippen LogP contribution in [0.1, 0.15) is 13.3 Å². The van der Waals surface area contributed by atoms with Crippen LogP contribution in [-0.4, -0.2) is 55.7 Å². The van der Waals surface area contributed by atoms with Crippen LogP contribution >= 0.6 is 12.2 Å². The summed E-state index contributed by atoms with van der Waals surface area (Å²) in [6.07, 6.45) is 1.16. The maximum absolute atomic E-state index is 5.16. The smallest absolute Gasteiger partial charge is 0.168 e. The van der Waals surface area contributed by atoms with Crippen molar-refractivity contribution in [3.63, 3.8) is 0 Å². The van der Waals surface area contributed by atoms with E-state index in [-0.39, 0.29) is 0 Å². The van der Waals surface area contributed by atoms with Gasteiger partial charge in [-0.25, -0.2) is 0 Å². The molecule has 4 heteroatoms. The average molecular weight is 203 g/mol. The van der Waals surface area contributed by atoms with Crippen LogP contribution in [0.2, 0.25) is 0 Å². The molecule has 0 aliphatic rings. The van der Waals surface area contributed by atoms with E-state index in [1.165, 1.54) is 0 Å². The minimum absolute atomic E-state index is 0.848. The van der Waals surface area contributed by atoms with E-state index < -0.39 is 0 Å². The first-order valence-electron chi connectivity index (χ1n) is 4.73. The van der Waals surface area contributed by atoms with Gasteiger partial charge in [-0.05, 0) is 46.2 Å². The van der Waals surface area contributed by atoms with Crippen LogP contribution in [0, 0.1) is 0 Å². The monoisotopic (exact) mass is 203 g/mol. The van der Waals surface area contributed by atoms with Crippen LogP contribution in [0.3, 0.4) is 0 Å². The molecule has 0 bridgehead atoms. The van der Waals surface area contributed by atoms with Gasteiger partial charge >= 0.3 is 0 Å². The molecule has 0 amide bonds. The van der Waals surface area contributed by atoms with Crippen molar-refractivity contribution in [1.29, 1.82) is 0 Å². The number of nitrogens with one attached hydrogen (secondary N) is 1. The number of rotatable bonds is 5. The Kier molecular flexibility index (Phi) is 6.90. The predicted octanol–water partition coefficient (Wildman–Crippen LogP) is 0.764. The molecule has 0 atom stereocenters. The molecule has 0 heterocycles. The second kappa shape index (κ2) is 7.09. The van der Waals surface area contributed by atoms with E-state index in [9.17, 15) is 0 Å². The zero-order valence-corrected chi connectivity index (χ0v) is 9.95. The fraction of sp³-hybridized carbons (Fsp3) is 0.889. The summed E-state index contributed by atoms with van der Waals surface area (Å²) in [6, 6.07) is 0. The van der Waals surface area contributed by atoms with Crippen LogP contribution in [0.4, 0.5) is 0 Å². The lowest BCUT2D eigenvalue weighted by atomic mass is 10.3. The Morgan fingerprint density at radius 3 is 2.31 bits per heavy atom. The molecule has 0 saturated heterocycles. The third-order valence-corrected chi connectivity index (χ3v) is 2.38. The minimum atomic E-state index is 0.848. The van der Waals surface area contributed by atoms with Gasteiger partial charge in [-0.15, -0.1) is 0 Å². The third-order valence-electron chi connectivity index (χ3n) is 1.92. The quantitative estimate of drug-likeness (QED) is 0.665. The van der Waals surface area contributed by atoms with E-state index >= 15 is 0 Å². The van der Waals surface area contributed by atoms with Crippen molar-refractivity contribution in [3.8, 4) is 0 Å². The molecule has 0 aliphatic heterocycles. The minimum Gasteiger partial charge on any atom is -0.366 e. The van der Waals surface area contributed by atoms with Crippen molar-refractivity contribution in [2.24, 2.45) is 0 Å². The molecular formula is C9H21N3S. The maximum atomic E-state index is 5.16. The van der Waals surface area contributed by atoms with E-state index in [4.69, 9.17) is 12.2 Å². The van der Waals surface area contributed by atoms with Crippen molar-refractivity contribution < 1.29 is 0 Å². The van der Waals surface area contributed by atoms with Crippen LogP contribution < -0.4 is 5.32 Å². The van der Waals surface area contributed by atoms with Gasteiger partial charge in [-0.1, -0.05) is 0 Å². The standard InChI is InChI=1S/C9H21N3S/c1-5-12(9(13)10-2)8-6-7-11(3)4/h5-8H2,1-4H3,(H,10,13). The summed E-state index contributed by atoms with van der Waals surface area (Å²) in [6.45, 7) is 5.25. The second-order valence-electron chi connectivity index (χ2n) is 3.29. The van der Waals surface area contributed by atoms with Gasteiger partial charge in [0.05, 0.1) is 0 Å². The Morgan fingerprint density at radius 1 is 1.31 bits per heavy atom. The number of nitrogens with zero attached hydrogens (tertiary/aromatic N) is 2. The van der Waals surface area contributed by atoms with Crippen molar-refractivity contribution >= 4 is 17.3 Å². The molecule has 0 rings (SSSR count). The lowest BCUT2D eigenvalue weighted by molar-refractivity contribution is 0.353. The number of thiocarbonyl (C=S) groups is 1. The summed E-state index contributed by atoms with van der Waals surface area (Å²) in [4.78, 5) is 4.37. The highest BCUT2D eigenvalue weighted by molar-refractivity contribution is 7.80. The van der Waals surface area contributed by atoms with E-state index in [1.54, 1.807) is 0 Å². The molecule has 3 nitrogen and oxygen atoms in total. The van der Waals surface area contributed by atoms with Gasteiger partial charge < -0.3 is 15.1 Å². The van der Waals surface area contributed by atoms with E-state index in [0.29, 0.717) is 0 Å². The Balaban J connectivity index is 3.66. The van der Waals surface area contributed by atoms with Crippen molar-refractivity contribution in [2.45, 2.75) is 13.3 Å². The SMILES string of the molecule is CCN(CCCN(C)C)C(=S)NC. The summed E-state index contributed by atoms with van der Waals surface area (Å²) in [7, 11) is 6.05. The summed E-state index contributed by atoms with van der Waals surface area (Å²) in [5.74, 6) is 0. The molecule has 0 aromatic carbocycles. The fourth-order valence-corrected chi connectivity index (χ4v) is 1.36. The molecule has 0 aliphatic carbocycles. The van der Waals surface area contributed by atoms with Gasteiger partial charge in [-0.2, -0.15) is 0 Å². The summed E-state index contributed by atoms with van der Waals surface area (Å²) in [5.41, 5.74) is 0. The largest absolute Gasteiger partial charge is 0.366 e. The number of hydrogen-bond donors (Lipinski definition) is 1. The van der Waals surface area contributed by atoms with Gasteiger partial charge in [0.15, 0.2) is 5.11 Å². The van der Waals surface area contributed by atoms with Crippen LogP contribution in [0.5, 0.6) is 0 Å². The van der Waals surface area contributed by atoms with Gasteiger partial charge in [0.25, 0.3) is 0 Å². The van der Waals surface area contributed by atoms with E-state index in [1.807, 2.05) is 7.05 Å². The van der Waals surface area contributed by atoms with Crippen LogP contribution in [-0.2, 0) is 0 Å². The lowest BCUT2D eigenvalue weighted by Crippen LogP contribution is -2.39. The second-order valence-corrected chi connectivity index (χ2v) is 3.68. The van der Waals surface area contributed by atoms with Crippen molar-refractivity contribution in [1.82, 2.24) is 15.1 Å². The predicted molar refractivity (Wildman–Crippen MR) is 62.1 cm³/mol. The van der Waals surface area contributed by atoms with E-state index in [2.05, 4.69) is 36.1 Å². The summed E-state index contributed by atoms with van der Waals surface area (Å²) >= 11 is 5.16. The fourth-order valence-electron chi connectivity index (χ4n) is 1.14. The zero-order chi connectivity index (χ0) is 10.3.